The maximum Gasteiger partial charge on any atom is 0.314 e. The Morgan fingerprint density at radius 3 is 2.42 bits per heavy atom. The van der Waals surface area contributed by atoms with Crippen LogP contribution in [0, 0.1) is 11.8 Å². The summed E-state index contributed by atoms with van der Waals surface area (Å²) < 4.78 is 27.4. The van der Waals surface area contributed by atoms with E-state index in [0.717, 1.165) is 90.1 Å². The first kappa shape index (κ1) is 34.5. The minimum atomic E-state index is -3.57. The molecule has 48 heavy (non-hydrogen) atoms. The number of aromatic nitrogens is 2. The number of sulfone groups is 1. The summed E-state index contributed by atoms with van der Waals surface area (Å²) in [6.07, 6.45) is 8.23. The van der Waals surface area contributed by atoms with E-state index in [0.29, 0.717) is 16.7 Å². The van der Waals surface area contributed by atoms with Gasteiger partial charge in [-0.25, -0.2) is 13.2 Å². The summed E-state index contributed by atoms with van der Waals surface area (Å²) in [5.41, 5.74) is 4.02. The van der Waals surface area contributed by atoms with Crippen LogP contribution in [-0.4, -0.2) is 92.9 Å². The fraction of sp³-hybridized carbons (Fsp3) is 0.568. The first-order chi connectivity index (χ1) is 23.1. The smallest absolute Gasteiger partial charge is 0.314 e. The van der Waals surface area contributed by atoms with E-state index < -0.39 is 9.84 Å². The number of carbonyl (C=O) groups is 1. The molecule has 2 N–H and O–H groups in total. The summed E-state index contributed by atoms with van der Waals surface area (Å²) in [6, 6.07) is 16.4. The normalized spacial score (nSPS) is 21.8. The molecule has 1 unspecified atom stereocenters. The molecule has 11 heteroatoms. The van der Waals surface area contributed by atoms with Gasteiger partial charge in [-0.2, -0.15) is 5.10 Å². The summed E-state index contributed by atoms with van der Waals surface area (Å²) >= 11 is 0. The van der Waals surface area contributed by atoms with Crippen molar-refractivity contribution < 1.29 is 16.1 Å². The summed E-state index contributed by atoms with van der Waals surface area (Å²) in [5.74, 6) is 1.15. The summed E-state index contributed by atoms with van der Waals surface area (Å²) in [5, 5.41) is 10.1. The van der Waals surface area contributed by atoms with Gasteiger partial charge in [-0.1, -0.05) is 44.5 Å². The molecule has 4 heterocycles. The molecule has 6 rings (SSSR count). The van der Waals surface area contributed by atoms with Crippen molar-refractivity contribution in [3.05, 3.63) is 72.1 Å². The zero-order chi connectivity index (χ0) is 33.9. The Morgan fingerprint density at radius 2 is 1.77 bits per heavy atom. The number of urea groups is 1. The predicted molar refractivity (Wildman–Crippen MR) is 194 cm³/mol. The molecule has 1 aromatic heterocycles. The monoisotopic (exact) mass is 679 g/mol. The third-order valence-electron chi connectivity index (χ3n) is 11.1. The standard InChI is InChI=1S/C37H53N7O3S.2H2/c1-5-9-31(40-36(45)38-3)20-37(27-42(6-2)25-29-10-7-8-11-35(29)37)30-16-18-43(19-17-30)22-28-23-44(24-28)32-12-14-33(15-13-32)48(46,47)34-21-39-41(4)26-34;;/h7-8,10-15,21,26,28,30-31H,5-6,9,16-20,22-25,27H2,1-4H3,(H2,38,40,45);2*1H/t31-,37?;;/m0../s1. The number of hydrogen-bond donors (Lipinski definition) is 2. The maximum absolute atomic E-state index is 13.0. The van der Waals surface area contributed by atoms with Crippen molar-refractivity contribution >= 4 is 21.6 Å². The largest absolute Gasteiger partial charge is 0.371 e. The van der Waals surface area contributed by atoms with Crippen LogP contribution in [0.5, 0.6) is 0 Å². The number of carbonyl (C=O) groups excluding carboxylic acids is 1. The average molecular weight is 680 g/mol. The Kier molecular flexibility index (Phi) is 10.5. The molecule has 10 nitrogen and oxygen atoms in total. The van der Waals surface area contributed by atoms with Crippen molar-refractivity contribution in [1.29, 1.82) is 0 Å². The van der Waals surface area contributed by atoms with Gasteiger partial charge in [0.05, 0.1) is 11.1 Å². The van der Waals surface area contributed by atoms with Crippen molar-refractivity contribution in [2.24, 2.45) is 18.9 Å². The maximum atomic E-state index is 13.0. The van der Waals surface area contributed by atoms with E-state index >= 15 is 0 Å². The number of piperidine rings is 1. The average Bonchev–Trinajstić information content (AvgIpc) is 3.53. The number of aryl methyl sites for hydroxylation is 1. The van der Waals surface area contributed by atoms with Crippen LogP contribution in [0.4, 0.5) is 10.5 Å². The van der Waals surface area contributed by atoms with Crippen LogP contribution < -0.4 is 15.5 Å². The first-order valence-corrected chi connectivity index (χ1v) is 19.2. The molecule has 0 saturated carbocycles. The quantitative estimate of drug-likeness (QED) is 0.273. The molecule has 2 fully saturated rings. The number of fused-ring (bicyclic) bond motifs is 1. The number of anilines is 1. The van der Waals surface area contributed by atoms with Gasteiger partial charge in [0, 0.05) is 78.9 Å². The summed E-state index contributed by atoms with van der Waals surface area (Å²) in [6.45, 7) is 12.8. The minimum Gasteiger partial charge on any atom is -0.371 e. The Balaban J connectivity index is 0.00000281. The molecule has 3 aliphatic heterocycles. The zero-order valence-electron chi connectivity index (χ0n) is 29.1. The van der Waals surface area contributed by atoms with Gasteiger partial charge in [0.25, 0.3) is 0 Å². The van der Waals surface area contributed by atoms with Gasteiger partial charge in [-0.05, 0) is 86.6 Å². The summed E-state index contributed by atoms with van der Waals surface area (Å²) in [4.78, 5) is 20.6. The molecule has 3 aromatic rings. The van der Waals surface area contributed by atoms with E-state index in [1.807, 2.05) is 12.1 Å². The fourth-order valence-electron chi connectivity index (χ4n) is 8.55. The lowest BCUT2D eigenvalue weighted by Crippen LogP contribution is -2.57. The number of likely N-dealkylation sites (tertiary alicyclic amines) is 1. The van der Waals surface area contributed by atoms with E-state index in [9.17, 15) is 13.2 Å². The van der Waals surface area contributed by atoms with Crippen LogP contribution in [0.25, 0.3) is 0 Å². The van der Waals surface area contributed by atoms with Gasteiger partial charge in [-0.3, -0.25) is 9.58 Å². The third kappa shape index (κ3) is 7.14. The second-order valence-corrected chi connectivity index (χ2v) is 16.2. The van der Waals surface area contributed by atoms with Gasteiger partial charge < -0.3 is 20.4 Å². The van der Waals surface area contributed by atoms with Crippen LogP contribution in [0.15, 0.2) is 70.7 Å². The van der Waals surface area contributed by atoms with Crippen LogP contribution >= 0.6 is 0 Å². The fourth-order valence-corrected chi connectivity index (χ4v) is 9.79. The predicted octanol–water partition coefficient (Wildman–Crippen LogP) is 5.15. The first-order valence-electron chi connectivity index (χ1n) is 17.7. The molecule has 2 aromatic carbocycles. The zero-order valence-corrected chi connectivity index (χ0v) is 29.9. The van der Waals surface area contributed by atoms with Crippen molar-refractivity contribution in [3.63, 3.8) is 0 Å². The van der Waals surface area contributed by atoms with E-state index in [1.54, 1.807) is 26.2 Å². The Hall–Kier alpha value is -3.41. The second-order valence-electron chi connectivity index (χ2n) is 14.2. The highest BCUT2D eigenvalue weighted by Gasteiger charge is 2.47. The molecule has 2 amide bonds. The van der Waals surface area contributed by atoms with E-state index in [-0.39, 0.29) is 25.2 Å². The highest BCUT2D eigenvalue weighted by atomic mass is 32.2. The lowest BCUT2D eigenvalue weighted by molar-refractivity contribution is 0.0592. The van der Waals surface area contributed by atoms with Gasteiger partial charge in [0.2, 0.25) is 9.84 Å². The Bertz CT molecular complexity index is 1660. The number of rotatable bonds is 12. The topological polar surface area (TPSA) is 103 Å². The Labute approximate surface area is 289 Å². The molecule has 2 atom stereocenters. The molecular weight excluding hydrogens is 623 g/mol. The van der Waals surface area contributed by atoms with E-state index in [4.69, 9.17) is 0 Å². The Morgan fingerprint density at radius 1 is 1.04 bits per heavy atom. The van der Waals surface area contributed by atoms with Gasteiger partial charge in [-0.15, -0.1) is 0 Å². The number of nitrogens with one attached hydrogen (secondary N) is 2. The van der Waals surface area contributed by atoms with E-state index in [1.165, 1.54) is 28.2 Å². The van der Waals surface area contributed by atoms with Crippen molar-refractivity contribution in [2.75, 3.05) is 57.8 Å². The second kappa shape index (κ2) is 14.6. The molecule has 264 valence electrons. The SMILES string of the molecule is CCC[C@@H](CC1(C2CCN(CC3CN(c4ccc(S(=O)(=O)c5cnn(C)c5)cc4)C3)CC2)CN(CC)Cc2ccccc21)NC(=O)NC.[HH].[HH]. The van der Waals surface area contributed by atoms with Gasteiger partial charge >= 0.3 is 6.03 Å². The van der Waals surface area contributed by atoms with Crippen LogP contribution in [0.2, 0.25) is 0 Å². The minimum absolute atomic E-state index is 0. The van der Waals surface area contributed by atoms with Gasteiger partial charge in [0.15, 0.2) is 0 Å². The van der Waals surface area contributed by atoms with Crippen LogP contribution in [0.1, 0.15) is 59.9 Å². The number of nitrogens with zero attached hydrogens (tertiary/aromatic N) is 5. The van der Waals surface area contributed by atoms with Crippen molar-refractivity contribution in [2.45, 2.75) is 73.7 Å². The molecule has 0 spiro atoms. The number of amides is 2. The lowest BCUT2D eigenvalue weighted by atomic mass is 9.60. The summed E-state index contributed by atoms with van der Waals surface area (Å²) in [7, 11) is -0.148. The number of hydrogen-bond acceptors (Lipinski definition) is 7. The molecule has 3 aliphatic rings. The highest BCUT2D eigenvalue weighted by Crippen LogP contribution is 2.47. The molecule has 0 aliphatic carbocycles. The number of benzene rings is 2. The molecular formula is C37H57N7O3S. The molecule has 2 saturated heterocycles. The molecule has 0 radical (unpaired) electrons. The van der Waals surface area contributed by atoms with Crippen LogP contribution in [0.3, 0.4) is 0 Å². The van der Waals surface area contributed by atoms with E-state index in [2.05, 4.69) is 68.5 Å². The highest BCUT2D eigenvalue weighted by molar-refractivity contribution is 7.91. The lowest BCUT2D eigenvalue weighted by Gasteiger charge is -2.52. The third-order valence-corrected chi connectivity index (χ3v) is 12.8. The molecule has 0 bridgehead atoms. The van der Waals surface area contributed by atoms with Crippen molar-refractivity contribution in [3.8, 4) is 0 Å². The van der Waals surface area contributed by atoms with Crippen LogP contribution in [-0.2, 0) is 28.8 Å². The van der Waals surface area contributed by atoms with Crippen molar-refractivity contribution in [1.82, 2.24) is 30.2 Å². The number of likely N-dealkylation sites (N-methyl/N-ethyl adjacent to an activating group) is 1. The van der Waals surface area contributed by atoms with Gasteiger partial charge in [0.1, 0.15) is 4.90 Å².